The molecule has 2 amide bonds. The van der Waals surface area contributed by atoms with Crippen LogP contribution < -0.4 is 5.32 Å². The fraction of sp³-hybridized carbons (Fsp3) is 0.500. The first-order valence-corrected chi connectivity index (χ1v) is 7.13. The number of likely N-dealkylation sites (tertiary alicyclic amines) is 1. The summed E-state index contributed by atoms with van der Waals surface area (Å²) in [6.45, 7) is 4.73. The summed E-state index contributed by atoms with van der Waals surface area (Å²) in [4.78, 5) is 24.7. The number of carbonyl (C=O) groups excluding carboxylic acids is 2. The van der Waals surface area contributed by atoms with Crippen molar-refractivity contribution in [1.82, 2.24) is 10.2 Å². The monoisotopic (exact) mass is 274 g/mol. The first-order valence-electron chi connectivity index (χ1n) is 7.13. The van der Waals surface area contributed by atoms with E-state index in [1.165, 1.54) is 10.5 Å². The molecule has 1 aliphatic heterocycles. The summed E-state index contributed by atoms with van der Waals surface area (Å²) < 4.78 is 0. The Morgan fingerprint density at radius 3 is 2.00 bits per heavy atom. The van der Waals surface area contributed by atoms with Crippen LogP contribution in [0.2, 0.25) is 0 Å². The number of benzene rings is 1. The Kier molecular flexibility index (Phi) is 4.55. The Labute approximate surface area is 120 Å². The van der Waals surface area contributed by atoms with Crippen molar-refractivity contribution < 1.29 is 9.59 Å². The summed E-state index contributed by atoms with van der Waals surface area (Å²) in [5.74, 6) is 0.377. The van der Waals surface area contributed by atoms with Gasteiger partial charge in [-0.15, -0.1) is 0 Å². The summed E-state index contributed by atoms with van der Waals surface area (Å²) in [5.41, 5.74) is 2.39. The van der Waals surface area contributed by atoms with Gasteiger partial charge in [-0.2, -0.15) is 0 Å². The van der Waals surface area contributed by atoms with Gasteiger partial charge in [0, 0.05) is 19.4 Å². The molecule has 0 aromatic heterocycles. The smallest absolute Gasteiger partial charge is 0.229 e. The lowest BCUT2D eigenvalue weighted by Crippen LogP contribution is -2.37. The van der Waals surface area contributed by atoms with Crippen molar-refractivity contribution in [3.63, 3.8) is 0 Å². The lowest BCUT2D eigenvalue weighted by Gasteiger charge is -2.23. The van der Waals surface area contributed by atoms with E-state index in [2.05, 4.69) is 43.4 Å². The fourth-order valence-electron chi connectivity index (χ4n) is 2.49. The van der Waals surface area contributed by atoms with Gasteiger partial charge in [-0.1, -0.05) is 38.1 Å². The van der Waals surface area contributed by atoms with Crippen molar-refractivity contribution in [3.05, 3.63) is 35.4 Å². The third-order valence-corrected chi connectivity index (χ3v) is 3.87. The normalized spacial score (nSPS) is 17.1. The second-order valence-electron chi connectivity index (χ2n) is 5.56. The highest BCUT2D eigenvalue weighted by atomic mass is 16.2. The molecule has 1 aromatic carbocycles. The second-order valence-corrected chi connectivity index (χ2v) is 5.56. The summed E-state index contributed by atoms with van der Waals surface area (Å²) >= 11 is 0. The Bertz CT molecular complexity index is 478. The predicted octanol–water partition coefficient (Wildman–Crippen LogP) is 2.22. The van der Waals surface area contributed by atoms with Crippen molar-refractivity contribution in [2.45, 2.75) is 38.6 Å². The van der Waals surface area contributed by atoms with E-state index in [1.807, 2.05) is 7.05 Å². The van der Waals surface area contributed by atoms with Crippen LogP contribution in [0, 0.1) is 0 Å². The molecule has 1 N–H and O–H groups in total. The van der Waals surface area contributed by atoms with Crippen molar-refractivity contribution in [3.8, 4) is 0 Å². The molecular formula is C16H22N2O2. The van der Waals surface area contributed by atoms with Gasteiger partial charge in [-0.05, 0) is 24.1 Å². The molecule has 1 unspecified atom stereocenters. The van der Waals surface area contributed by atoms with Crippen LogP contribution >= 0.6 is 0 Å². The number of carbonyl (C=O) groups is 2. The summed E-state index contributed by atoms with van der Waals surface area (Å²) in [6.07, 6.45) is 0.698. The highest BCUT2D eigenvalue weighted by Crippen LogP contribution is 2.21. The quantitative estimate of drug-likeness (QED) is 0.838. The van der Waals surface area contributed by atoms with Crippen LogP contribution in [0.3, 0.4) is 0 Å². The molecule has 1 aliphatic rings. The van der Waals surface area contributed by atoms with Crippen LogP contribution in [0.15, 0.2) is 24.3 Å². The SMILES string of the molecule is CNC(CN1C(=O)CCC1=O)c1ccc(C(C)C)cc1. The fourth-order valence-corrected chi connectivity index (χ4v) is 2.49. The molecule has 0 saturated carbocycles. The molecule has 1 fully saturated rings. The van der Waals surface area contributed by atoms with Gasteiger partial charge in [0.15, 0.2) is 0 Å². The molecule has 0 aliphatic carbocycles. The third kappa shape index (κ3) is 3.07. The molecule has 0 radical (unpaired) electrons. The van der Waals surface area contributed by atoms with Crippen molar-refractivity contribution in [2.75, 3.05) is 13.6 Å². The highest BCUT2D eigenvalue weighted by molar-refractivity contribution is 6.01. The largest absolute Gasteiger partial charge is 0.312 e. The Morgan fingerprint density at radius 1 is 1.05 bits per heavy atom. The number of amides is 2. The van der Waals surface area contributed by atoms with Gasteiger partial charge in [0.25, 0.3) is 0 Å². The van der Waals surface area contributed by atoms with E-state index in [0.717, 1.165) is 5.56 Å². The molecular weight excluding hydrogens is 252 g/mol. The minimum Gasteiger partial charge on any atom is -0.312 e. The van der Waals surface area contributed by atoms with Crippen LogP contribution in [0.4, 0.5) is 0 Å². The van der Waals surface area contributed by atoms with Crippen molar-refractivity contribution in [1.29, 1.82) is 0 Å². The first kappa shape index (κ1) is 14.7. The van der Waals surface area contributed by atoms with Crippen molar-refractivity contribution in [2.24, 2.45) is 0 Å². The zero-order valence-corrected chi connectivity index (χ0v) is 12.3. The molecule has 1 saturated heterocycles. The number of hydrogen-bond acceptors (Lipinski definition) is 3. The van der Waals surface area contributed by atoms with Gasteiger partial charge in [-0.3, -0.25) is 14.5 Å². The molecule has 1 aromatic rings. The maximum atomic E-state index is 11.7. The number of imide groups is 1. The maximum absolute atomic E-state index is 11.7. The van der Waals surface area contributed by atoms with Gasteiger partial charge < -0.3 is 5.32 Å². The van der Waals surface area contributed by atoms with Gasteiger partial charge in [0.05, 0.1) is 6.04 Å². The third-order valence-electron chi connectivity index (χ3n) is 3.87. The van der Waals surface area contributed by atoms with E-state index in [-0.39, 0.29) is 17.9 Å². The molecule has 1 heterocycles. The average Bonchev–Trinajstić information content (AvgIpc) is 2.76. The number of nitrogens with zero attached hydrogens (tertiary/aromatic N) is 1. The Hall–Kier alpha value is -1.68. The number of nitrogens with one attached hydrogen (secondary N) is 1. The number of rotatable bonds is 5. The Morgan fingerprint density at radius 2 is 1.55 bits per heavy atom. The lowest BCUT2D eigenvalue weighted by atomic mass is 9.99. The molecule has 4 nitrogen and oxygen atoms in total. The standard InChI is InChI=1S/C16H22N2O2/c1-11(2)12-4-6-13(7-5-12)14(17-3)10-18-15(19)8-9-16(18)20/h4-7,11,14,17H,8-10H2,1-3H3. The first-order chi connectivity index (χ1) is 9.52. The van der Waals surface area contributed by atoms with Gasteiger partial charge in [0.2, 0.25) is 11.8 Å². The van der Waals surface area contributed by atoms with Crippen LogP contribution in [0.25, 0.3) is 0 Å². The van der Waals surface area contributed by atoms with E-state index < -0.39 is 0 Å². The van der Waals surface area contributed by atoms with E-state index >= 15 is 0 Å². The number of likely N-dealkylation sites (N-methyl/N-ethyl adjacent to an activating group) is 1. The molecule has 0 bridgehead atoms. The molecule has 1 atom stereocenters. The predicted molar refractivity (Wildman–Crippen MR) is 78.3 cm³/mol. The zero-order chi connectivity index (χ0) is 14.7. The van der Waals surface area contributed by atoms with Crippen LogP contribution in [-0.2, 0) is 9.59 Å². The van der Waals surface area contributed by atoms with Gasteiger partial charge in [-0.25, -0.2) is 0 Å². The topological polar surface area (TPSA) is 49.4 Å². The van der Waals surface area contributed by atoms with Crippen molar-refractivity contribution >= 4 is 11.8 Å². The van der Waals surface area contributed by atoms with E-state index in [1.54, 1.807) is 0 Å². The average molecular weight is 274 g/mol. The minimum absolute atomic E-state index is 0.0118. The summed E-state index contributed by atoms with van der Waals surface area (Å²) in [5, 5.41) is 3.19. The minimum atomic E-state index is -0.0611. The van der Waals surface area contributed by atoms with E-state index in [0.29, 0.717) is 25.3 Å². The molecule has 2 rings (SSSR count). The maximum Gasteiger partial charge on any atom is 0.229 e. The van der Waals surface area contributed by atoms with Crippen LogP contribution in [-0.4, -0.2) is 30.3 Å². The van der Waals surface area contributed by atoms with Gasteiger partial charge in [0.1, 0.15) is 0 Å². The number of hydrogen-bond donors (Lipinski definition) is 1. The van der Waals surface area contributed by atoms with Crippen LogP contribution in [0.5, 0.6) is 0 Å². The van der Waals surface area contributed by atoms with Gasteiger partial charge >= 0.3 is 0 Å². The summed E-state index contributed by atoms with van der Waals surface area (Å²) in [7, 11) is 1.85. The Balaban J connectivity index is 2.11. The van der Waals surface area contributed by atoms with E-state index in [9.17, 15) is 9.59 Å². The lowest BCUT2D eigenvalue weighted by molar-refractivity contribution is -0.138. The van der Waals surface area contributed by atoms with E-state index in [4.69, 9.17) is 0 Å². The molecule has 20 heavy (non-hydrogen) atoms. The molecule has 4 heteroatoms. The zero-order valence-electron chi connectivity index (χ0n) is 12.3. The summed E-state index contributed by atoms with van der Waals surface area (Å²) in [6, 6.07) is 8.35. The second kappa shape index (κ2) is 6.18. The molecule has 0 spiro atoms. The van der Waals surface area contributed by atoms with Crippen LogP contribution in [0.1, 0.15) is 49.8 Å². The molecule has 108 valence electrons. The highest BCUT2D eigenvalue weighted by Gasteiger charge is 2.30.